The number of carbonyl (C=O) groups is 1. The van der Waals surface area contributed by atoms with Gasteiger partial charge in [0, 0.05) is 12.7 Å². The summed E-state index contributed by atoms with van der Waals surface area (Å²) in [6.07, 6.45) is -1.15. The first-order valence-corrected chi connectivity index (χ1v) is 4.56. The lowest BCUT2D eigenvalue weighted by Crippen LogP contribution is -2.14. The minimum absolute atomic E-state index is 0.120. The van der Waals surface area contributed by atoms with E-state index in [2.05, 4.69) is 15.9 Å². The molecule has 0 bridgehead atoms. The molecule has 5 heteroatoms. The van der Waals surface area contributed by atoms with E-state index in [1.54, 1.807) is 0 Å². The molecule has 3 nitrogen and oxygen atoms in total. The van der Waals surface area contributed by atoms with E-state index in [0.29, 0.717) is 0 Å². The quantitative estimate of drug-likeness (QED) is 0.910. The molecule has 0 saturated heterocycles. The van der Waals surface area contributed by atoms with E-state index in [1.165, 1.54) is 25.3 Å². The zero-order valence-electron chi connectivity index (χ0n) is 7.33. The summed E-state index contributed by atoms with van der Waals surface area (Å²) in [6, 6.07) is 4.17. The fraction of sp³-hybridized carbons (Fsp3) is 0.222. The lowest BCUT2D eigenvalue weighted by molar-refractivity contribution is -0.148. The van der Waals surface area contributed by atoms with Crippen molar-refractivity contribution < 1.29 is 19.0 Å². The normalized spacial score (nSPS) is 12.5. The molecule has 1 unspecified atom stereocenters. The van der Waals surface area contributed by atoms with Gasteiger partial charge in [-0.05, 0) is 22.0 Å². The lowest BCUT2D eigenvalue weighted by Gasteiger charge is -2.12. The Labute approximate surface area is 88.6 Å². The van der Waals surface area contributed by atoms with Gasteiger partial charge in [-0.15, -0.1) is 0 Å². The number of ether oxygens (including phenoxy) is 1. The molecule has 0 heterocycles. The van der Waals surface area contributed by atoms with Crippen molar-refractivity contribution in [3.05, 3.63) is 34.1 Å². The molecule has 0 aliphatic heterocycles. The fourth-order valence-corrected chi connectivity index (χ4v) is 1.56. The number of benzene rings is 1. The Hall–Kier alpha value is -0.940. The van der Waals surface area contributed by atoms with Crippen molar-refractivity contribution in [3.63, 3.8) is 0 Å². The summed E-state index contributed by atoms with van der Waals surface area (Å²) in [7, 11) is 1.26. The van der Waals surface area contributed by atoms with Gasteiger partial charge in [0.1, 0.15) is 5.82 Å². The first-order valence-electron chi connectivity index (χ1n) is 3.77. The van der Waals surface area contributed by atoms with Gasteiger partial charge in [0.25, 0.3) is 0 Å². The lowest BCUT2D eigenvalue weighted by atomic mass is 10.1. The van der Waals surface area contributed by atoms with Gasteiger partial charge < -0.3 is 9.84 Å². The van der Waals surface area contributed by atoms with Crippen molar-refractivity contribution in [2.24, 2.45) is 0 Å². The highest BCUT2D eigenvalue weighted by Gasteiger charge is 2.22. The summed E-state index contributed by atoms with van der Waals surface area (Å²) >= 11 is 2.97. The van der Waals surface area contributed by atoms with Crippen LogP contribution in [-0.4, -0.2) is 18.2 Å². The van der Waals surface area contributed by atoms with Crippen molar-refractivity contribution in [1.82, 2.24) is 0 Å². The van der Waals surface area contributed by atoms with Gasteiger partial charge >= 0.3 is 5.97 Å². The summed E-state index contributed by atoms with van der Waals surface area (Å²) in [5.74, 6) is -1.66. The van der Waals surface area contributed by atoms with Gasteiger partial charge in [-0.2, -0.15) is 0 Å². The average Bonchev–Trinajstić information content (AvgIpc) is 2.13. The van der Waals surface area contributed by atoms with Crippen molar-refractivity contribution in [2.45, 2.75) is 6.10 Å². The standard InChI is InChI=1S/C9H8BrFO3/c1-14-8(9(12)13)5-3-2-4-6(11)7(5)10/h2-4,8H,1H3,(H,12,13). The van der Waals surface area contributed by atoms with Crippen LogP contribution in [0.25, 0.3) is 0 Å². The van der Waals surface area contributed by atoms with Crippen molar-refractivity contribution in [3.8, 4) is 0 Å². The maximum absolute atomic E-state index is 13.0. The predicted octanol–water partition coefficient (Wildman–Crippen LogP) is 2.36. The molecule has 0 saturated carbocycles. The molecule has 14 heavy (non-hydrogen) atoms. The molecule has 0 fully saturated rings. The Balaban J connectivity index is 3.16. The molecule has 76 valence electrons. The van der Waals surface area contributed by atoms with Crippen LogP contribution in [0.2, 0.25) is 0 Å². The summed E-state index contributed by atoms with van der Waals surface area (Å²) < 4.78 is 17.9. The molecule has 0 amide bonds. The molecule has 0 radical (unpaired) electrons. The predicted molar refractivity (Wildman–Crippen MR) is 51.5 cm³/mol. The van der Waals surface area contributed by atoms with Crippen molar-refractivity contribution in [2.75, 3.05) is 7.11 Å². The van der Waals surface area contributed by atoms with Gasteiger partial charge in [0.05, 0.1) is 4.47 Å². The number of hydrogen-bond acceptors (Lipinski definition) is 2. The molecule has 1 aromatic rings. The highest BCUT2D eigenvalue weighted by molar-refractivity contribution is 9.10. The molecule has 0 aliphatic rings. The number of rotatable bonds is 3. The SMILES string of the molecule is COC(C(=O)O)c1cccc(F)c1Br. The van der Waals surface area contributed by atoms with Crippen LogP contribution in [-0.2, 0) is 9.53 Å². The second-order valence-electron chi connectivity index (χ2n) is 2.60. The van der Waals surface area contributed by atoms with Crippen LogP contribution in [0.15, 0.2) is 22.7 Å². The zero-order valence-corrected chi connectivity index (χ0v) is 8.92. The van der Waals surface area contributed by atoms with E-state index < -0.39 is 17.9 Å². The first-order chi connectivity index (χ1) is 6.57. The number of hydrogen-bond donors (Lipinski definition) is 1. The molecule has 1 aromatic carbocycles. The third-order valence-corrected chi connectivity index (χ3v) is 2.56. The first kappa shape index (κ1) is 11.1. The monoisotopic (exact) mass is 262 g/mol. The van der Waals surface area contributed by atoms with Crippen LogP contribution in [0, 0.1) is 5.82 Å². The summed E-state index contributed by atoms with van der Waals surface area (Å²) in [5.41, 5.74) is 0.264. The minimum Gasteiger partial charge on any atom is -0.479 e. The van der Waals surface area contributed by atoms with Gasteiger partial charge in [-0.25, -0.2) is 9.18 Å². The molecule has 0 aliphatic carbocycles. The molecule has 1 atom stereocenters. The van der Waals surface area contributed by atoms with E-state index in [0.717, 1.165) is 0 Å². The van der Waals surface area contributed by atoms with Crippen LogP contribution in [0.1, 0.15) is 11.7 Å². The van der Waals surface area contributed by atoms with E-state index in [4.69, 9.17) is 9.84 Å². The van der Waals surface area contributed by atoms with E-state index in [9.17, 15) is 9.18 Å². The van der Waals surface area contributed by atoms with E-state index >= 15 is 0 Å². The van der Waals surface area contributed by atoms with Gasteiger partial charge in [0.2, 0.25) is 0 Å². The summed E-state index contributed by atoms with van der Waals surface area (Å²) in [5, 5.41) is 8.77. The second kappa shape index (κ2) is 4.52. The zero-order chi connectivity index (χ0) is 10.7. The molecule has 0 aromatic heterocycles. The third-order valence-electron chi connectivity index (χ3n) is 1.72. The number of methoxy groups -OCH3 is 1. The third kappa shape index (κ3) is 2.10. The maximum Gasteiger partial charge on any atom is 0.337 e. The molecule has 1 N–H and O–H groups in total. The number of halogens is 2. The Morgan fingerprint density at radius 1 is 1.64 bits per heavy atom. The van der Waals surface area contributed by atoms with E-state index in [-0.39, 0.29) is 10.0 Å². The molecular formula is C9H8BrFO3. The summed E-state index contributed by atoms with van der Waals surface area (Å²) in [6.45, 7) is 0. The average molecular weight is 263 g/mol. The smallest absolute Gasteiger partial charge is 0.337 e. The van der Waals surface area contributed by atoms with Crippen molar-refractivity contribution in [1.29, 1.82) is 0 Å². The van der Waals surface area contributed by atoms with Gasteiger partial charge in [0.15, 0.2) is 6.10 Å². The van der Waals surface area contributed by atoms with Crippen LogP contribution in [0.5, 0.6) is 0 Å². The molecular weight excluding hydrogens is 255 g/mol. The number of carboxylic acid groups (broad SMARTS) is 1. The fourth-order valence-electron chi connectivity index (χ4n) is 1.08. The maximum atomic E-state index is 13.0. The van der Waals surface area contributed by atoms with Crippen LogP contribution in [0.4, 0.5) is 4.39 Å². The largest absolute Gasteiger partial charge is 0.479 e. The molecule has 1 rings (SSSR count). The highest BCUT2D eigenvalue weighted by atomic mass is 79.9. The minimum atomic E-state index is -1.15. The number of aliphatic carboxylic acids is 1. The summed E-state index contributed by atoms with van der Waals surface area (Å²) in [4.78, 5) is 10.7. The van der Waals surface area contributed by atoms with Crippen LogP contribution >= 0.6 is 15.9 Å². The van der Waals surface area contributed by atoms with Crippen molar-refractivity contribution >= 4 is 21.9 Å². The van der Waals surface area contributed by atoms with Gasteiger partial charge in [-0.3, -0.25) is 0 Å². The molecule has 0 spiro atoms. The Kier molecular flexibility index (Phi) is 3.60. The topological polar surface area (TPSA) is 46.5 Å². The second-order valence-corrected chi connectivity index (χ2v) is 3.39. The van der Waals surface area contributed by atoms with Crippen LogP contribution < -0.4 is 0 Å². The highest BCUT2D eigenvalue weighted by Crippen LogP contribution is 2.27. The Bertz CT molecular complexity index is 354. The number of carboxylic acids is 1. The van der Waals surface area contributed by atoms with Gasteiger partial charge in [-0.1, -0.05) is 12.1 Å². The Morgan fingerprint density at radius 2 is 2.29 bits per heavy atom. The Morgan fingerprint density at radius 3 is 2.79 bits per heavy atom. The van der Waals surface area contributed by atoms with Crippen LogP contribution in [0.3, 0.4) is 0 Å². The van der Waals surface area contributed by atoms with E-state index in [1.807, 2.05) is 0 Å².